The zero-order valence-electron chi connectivity index (χ0n) is 15.6. The summed E-state index contributed by atoms with van der Waals surface area (Å²) in [5.41, 5.74) is 1.62. The molecule has 148 valence electrons. The smallest absolute Gasteiger partial charge is 0.300 e. The lowest BCUT2D eigenvalue weighted by molar-refractivity contribution is -0.111. The SMILES string of the molecule is CC#CC(=O)Nc1cc(-c2csc3c(=O)cc(N4CCOCC4)oc23)ccc1F. The van der Waals surface area contributed by atoms with E-state index in [1.165, 1.54) is 36.5 Å². The summed E-state index contributed by atoms with van der Waals surface area (Å²) >= 11 is 1.27. The standard InChI is InChI=1S/C21H17FN2O4S/c1-2-3-18(26)23-16-10-13(4-5-15(16)22)14-12-29-21-17(25)11-19(28-20(14)21)24-6-8-27-9-7-24/h4-5,10-12H,6-9H2,1H3,(H,23,26). The maximum Gasteiger partial charge on any atom is 0.300 e. The van der Waals surface area contributed by atoms with Gasteiger partial charge in [-0.3, -0.25) is 9.59 Å². The highest BCUT2D eigenvalue weighted by molar-refractivity contribution is 7.17. The number of thiophene rings is 1. The van der Waals surface area contributed by atoms with Crippen molar-refractivity contribution in [3.05, 3.63) is 45.7 Å². The van der Waals surface area contributed by atoms with Crippen LogP contribution in [0.25, 0.3) is 21.4 Å². The highest BCUT2D eigenvalue weighted by atomic mass is 32.1. The number of rotatable bonds is 3. The second-order valence-corrected chi connectivity index (χ2v) is 7.26. The molecule has 0 bridgehead atoms. The minimum Gasteiger partial charge on any atom is -0.439 e. The predicted molar refractivity (Wildman–Crippen MR) is 111 cm³/mol. The molecule has 6 nitrogen and oxygen atoms in total. The number of fused-ring (bicyclic) bond motifs is 1. The molecular formula is C21H17FN2O4S. The summed E-state index contributed by atoms with van der Waals surface area (Å²) in [5, 5.41) is 4.23. The van der Waals surface area contributed by atoms with Gasteiger partial charge in [0.15, 0.2) is 11.5 Å². The van der Waals surface area contributed by atoms with Crippen molar-refractivity contribution in [3.8, 4) is 23.0 Å². The van der Waals surface area contributed by atoms with Crippen LogP contribution in [0.15, 0.2) is 38.9 Å². The summed E-state index contributed by atoms with van der Waals surface area (Å²) in [4.78, 5) is 26.3. The van der Waals surface area contributed by atoms with Gasteiger partial charge in [-0.05, 0) is 30.5 Å². The van der Waals surface area contributed by atoms with Crippen LogP contribution in [0.1, 0.15) is 6.92 Å². The van der Waals surface area contributed by atoms with Gasteiger partial charge in [-0.15, -0.1) is 11.3 Å². The summed E-state index contributed by atoms with van der Waals surface area (Å²) in [5.74, 6) is 4.10. The summed E-state index contributed by atoms with van der Waals surface area (Å²) in [6.07, 6.45) is 0. The van der Waals surface area contributed by atoms with Crippen molar-refractivity contribution in [2.45, 2.75) is 6.92 Å². The fraction of sp³-hybridized carbons (Fsp3) is 0.238. The van der Waals surface area contributed by atoms with E-state index >= 15 is 0 Å². The Labute approximate surface area is 169 Å². The Morgan fingerprint density at radius 2 is 2.07 bits per heavy atom. The van der Waals surface area contributed by atoms with Crippen LogP contribution in [0.3, 0.4) is 0 Å². The van der Waals surface area contributed by atoms with Crippen molar-refractivity contribution < 1.29 is 18.3 Å². The van der Waals surface area contributed by atoms with Gasteiger partial charge in [-0.2, -0.15) is 0 Å². The molecule has 0 atom stereocenters. The topological polar surface area (TPSA) is 71.8 Å². The number of morpholine rings is 1. The van der Waals surface area contributed by atoms with E-state index in [4.69, 9.17) is 9.15 Å². The lowest BCUT2D eigenvalue weighted by atomic mass is 10.1. The van der Waals surface area contributed by atoms with E-state index in [-0.39, 0.29) is 11.1 Å². The van der Waals surface area contributed by atoms with Crippen molar-refractivity contribution in [1.29, 1.82) is 0 Å². The van der Waals surface area contributed by atoms with E-state index in [0.717, 1.165) is 0 Å². The second-order valence-electron chi connectivity index (χ2n) is 6.38. The molecule has 29 heavy (non-hydrogen) atoms. The van der Waals surface area contributed by atoms with Gasteiger partial charge >= 0.3 is 0 Å². The molecule has 3 heterocycles. The second kappa shape index (κ2) is 8.07. The first kappa shape index (κ1) is 19.2. The molecule has 1 fully saturated rings. The fourth-order valence-corrected chi connectivity index (χ4v) is 4.04. The molecule has 0 spiro atoms. The van der Waals surface area contributed by atoms with Gasteiger partial charge in [0.2, 0.25) is 5.43 Å². The Hall–Kier alpha value is -3.15. The number of hydrogen-bond donors (Lipinski definition) is 1. The maximum absolute atomic E-state index is 14.1. The number of nitrogens with zero attached hydrogens (tertiary/aromatic N) is 1. The first-order chi connectivity index (χ1) is 14.1. The number of benzene rings is 1. The molecule has 1 saturated heterocycles. The number of carbonyl (C=O) groups is 1. The molecule has 1 aromatic carbocycles. The van der Waals surface area contributed by atoms with Crippen LogP contribution in [0.2, 0.25) is 0 Å². The molecule has 1 aliphatic rings. The molecule has 0 unspecified atom stereocenters. The fourth-order valence-electron chi connectivity index (χ4n) is 3.12. The van der Waals surface area contributed by atoms with Crippen molar-refractivity contribution in [2.75, 3.05) is 36.5 Å². The largest absolute Gasteiger partial charge is 0.439 e. The maximum atomic E-state index is 14.1. The number of halogens is 1. The number of hydrogen-bond acceptors (Lipinski definition) is 6. The average molecular weight is 412 g/mol. The monoisotopic (exact) mass is 412 g/mol. The van der Waals surface area contributed by atoms with Gasteiger partial charge < -0.3 is 19.4 Å². The van der Waals surface area contributed by atoms with Gasteiger partial charge in [0.1, 0.15) is 10.5 Å². The third-order valence-electron chi connectivity index (χ3n) is 4.52. The van der Waals surface area contributed by atoms with E-state index in [0.29, 0.717) is 53.6 Å². The van der Waals surface area contributed by atoms with Gasteiger partial charge in [0.25, 0.3) is 5.91 Å². The van der Waals surface area contributed by atoms with Crippen LogP contribution in [0.5, 0.6) is 0 Å². The van der Waals surface area contributed by atoms with Crippen LogP contribution in [0.4, 0.5) is 16.0 Å². The molecular weight excluding hydrogens is 395 g/mol. The third kappa shape index (κ3) is 3.88. The van der Waals surface area contributed by atoms with E-state index in [2.05, 4.69) is 17.2 Å². The Kier molecular flexibility index (Phi) is 5.34. The average Bonchev–Trinajstić information content (AvgIpc) is 3.15. The molecule has 1 amide bonds. The van der Waals surface area contributed by atoms with Crippen LogP contribution in [-0.2, 0) is 9.53 Å². The van der Waals surface area contributed by atoms with Crippen molar-refractivity contribution in [3.63, 3.8) is 0 Å². The number of carbonyl (C=O) groups excluding carboxylic acids is 1. The van der Waals surface area contributed by atoms with Gasteiger partial charge in [-0.1, -0.05) is 12.0 Å². The zero-order chi connectivity index (χ0) is 20.4. The molecule has 0 radical (unpaired) electrons. The van der Waals surface area contributed by atoms with Crippen molar-refractivity contribution >= 4 is 39.1 Å². The summed E-state index contributed by atoms with van der Waals surface area (Å²) in [6.45, 7) is 3.94. The number of ether oxygens (including phenoxy) is 1. The molecule has 1 aliphatic heterocycles. The molecule has 1 N–H and O–H groups in total. The van der Waals surface area contributed by atoms with E-state index < -0.39 is 11.7 Å². The lowest BCUT2D eigenvalue weighted by Crippen LogP contribution is -2.36. The molecule has 3 aromatic rings. The number of amides is 1. The zero-order valence-corrected chi connectivity index (χ0v) is 16.4. The molecule has 4 rings (SSSR count). The van der Waals surface area contributed by atoms with Crippen LogP contribution in [0, 0.1) is 17.7 Å². The van der Waals surface area contributed by atoms with Gasteiger partial charge in [-0.25, -0.2) is 4.39 Å². The summed E-state index contributed by atoms with van der Waals surface area (Å²) < 4.78 is 26.1. The van der Waals surface area contributed by atoms with E-state index in [9.17, 15) is 14.0 Å². The minimum absolute atomic E-state index is 0.0151. The van der Waals surface area contributed by atoms with E-state index in [1.54, 1.807) is 11.4 Å². The van der Waals surface area contributed by atoms with Gasteiger partial charge in [0, 0.05) is 30.1 Å². The van der Waals surface area contributed by atoms with Crippen molar-refractivity contribution in [2.24, 2.45) is 0 Å². The summed E-state index contributed by atoms with van der Waals surface area (Å²) in [6, 6.07) is 5.85. The molecule has 0 saturated carbocycles. The highest BCUT2D eigenvalue weighted by Crippen LogP contribution is 2.36. The predicted octanol–water partition coefficient (Wildman–Crippen LogP) is 3.46. The Balaban J connectivity index is 1.77. The first-order valence-corrected chi connectivity index (χ1v) is 9.86. The third-order valence-corrected chi connectivity index (χ3v) is 5.49. The molecule has 8 heteroatoms. The Bertz CT molecular complexity index is 1200. The van der Waals surface area contributed by atoms with Gasteiger partial charge in [0.05, 0.1) is 18.9 Å². The quantitative estimate of drug-likeness (QED) is 0.667. The first-order valence-electron chi connectivity index (χ1n) is 8.98. The van der Waals surface area contributed by atoms with Crippen LogP contribution in [-0.4, -0.2) is 32.2 Å². The van der Waals surface area contributed by atoms with E-state index in [1.807, 2.05) is 4.90 Å². The Morgan fingerprint density at radius 3 is 2.83 bits per heavy atom. The van der Waals surface area contributed by atoms with Crippen LogP contribution >= 0.6 is 11.3 Å². The normalized spacial score (nSPS) is 13.8. The number of nitrogens with one attached hydrogen (secondary N) is 1. The van der Waals surface area contributed by atoms with Crippen LogP contribution < -0.4 is 15.6 Å². The highest BCUT2D eigenvalue weighted by Gasteiger charge is 2.19. The van der Waals surface area contributed by atoms with Crippen molar-refractivity contribution in [1.82, 2.24) is 0 Å². The summed E-state index contributed by atoms with van der Waals surface area (Å²) in [7, 11) is 0. The lowest BCUT2D eigenvalue weighted by Gasteiger charge is -2.27. The minimum atomic E-state index is -0.597. The molecule has 2 aromatic heterocycles. The molecule has 0 aliphatic carbocycles. The number of anilines is 2. The Morgan fingerprint density at radius 1 is 1.28 bits per heavy atom.